The zero-order chi connectivity index (χ0) is 16.0. The van der Waals surface area contributed by atoms with Crippen LogP contribution >= 0.6 is 0 Å². The highest BCUT2D eigenvalue weighted by molar-refractivity contribution is 5.92. The summed E-state index contributed by atoms with van der Waals surface area (Å²) in [5.74, 6) is 0.811. The van der Waals surface area contributed by atoms with Gasteiger partial charge in [0, 0.05) is 28.2 Å². The number of rotatable bonds is 2. The Bertz CT molecular complexity index is 836. The minimum atomic E-state index is 0.184. The number of hydrogen-bond acceptors (Lipinski definition) is 4. The van der Waals surface area contributed by atoms with Crippen LogP contribution in [0.4, 0.5) is 0 Å². The van der Waals surface area contributed by atoms with E-state index in [9.17, 15) is 5.11 Å². The molecular formula is C17H19N3O2. The highest BCUT2D eigenvalue weighted by Gasteiger charge is 2.19. The molecule has 5 heteroatoms. The average molecular weight is 297 g/mol. The Morgan fingerprint density at radius 3 is 2.00 bits per heavy atom. The van der Waals surface area contributed by atoms with Crippen molar-refractivity contribution in [1.82, 2.24) is 14.8 Å². The SMILES string of the molecule is COc1cc(O)ccc1-n1c(C)c2c(C)nnc(C)c2c1C. The molecule has 0 aliphatic heterocycles. The fourth-order valence-corrected chi connectivity index (χ4v) is 3.18. The highest BCUT2D eigenvalue weighted by atomic mass is 16.5. The smallest absolute Gasteiger partial charge is 0.146 e. The van der Waals surface area contributed by atoms with Gasteiger partial charge in [-0.3, -0.25) is 0 Å². The summed E-state index contributed by atoms with van der Waals surface area (Å²) >= 11 is 0. The lowest BCUT2D eigenvalue weighted by Crippen LogP contribution is -2.01. The van der Waals surface area contributed by atoms with Crippen LogP contribution in [0.25, 0.3) is 16.5 Å². The number of phenols is 1. The van der Waals surface area contributed by atoms with E-state index in [-0.39, 0.29) is 5.75 Å². The van der Waals surface area contributed by atoms with E-state index < -0.39 is 0 Å². The third-order valence-corrected chi connectivity index (χ3v) is 4.12. The van der Waals surface area contributed by atoms with E-state index in [4.69, 9.17) is 4.74 Å². The minimum Gasteiger partial charge on any atom is -0.508 e. The predicted octanol–water partition coefficient (Wildman–Crippen LogP) is 3.37. The van der Waals surface area contributed by atoms with Gasteiger partial charge in [-0.15, -0.1) is 0 Å². The summed E-state index contributed by atoms with van der Waals surface area (Å²) in [6, 6.07) is 5.14. The van der Waals surface area contributed by atoms with Gasteiger partial charge in [0.15, 0.2) is 0 Å². The van der Waals surface area contributed by atoms with Crippen molar-refractivity contribution in [3.63, 3.8) is 0 Å². The van der Waals surface area contributed by atoms with Gasteiger partial charge in [0.25, 0.3) is 0 Å². The Morgan fingerprint density at radius 2 is 1.50 bits per heavy atom. The Labute approximate surface area is 129 Å². The maximum absolute atomic E-state index is 9.67. The molecule has 0 aliphatic rings. The maximum atomic E-state index is 9.67. The zero-order valence-electron chi connectivity index (χ0n) is 13.4. The van der Waals surface area contributed by atoms with Crippen LogP contribution in [0, 0.1) is 27.7 Å². The monoisotopic (exact) mass is 297 g/mol. The normalized spacial score (nSPS) is 11.1. The molecule has 0 unspecified atom stereocenters. The fourth-order valence-electron chi connectivity index (χ4n) is 3.18. The molecule has 3 rings (SSSR count). The number of methoxy groups -OCH3 is 1. The second-order valence-electron chi connectivity index (χ2n) is 5.48. The number of ether oxygens (including phenoxy) is 1. The molecule has 0 spiro atoms. The largest absolute Gasteiger partial charge is 0.508 e. The number of aryl methyl sites for hydroxylation is 4. The van der Waals surface area contributed by atoms with Crippen molar-refractivity contribution in [2.75, 3.05) is 7.11 Å². The first-order valence-corrected chi connectivity index (χ1v) is 7.14. The quantitative estimate of drug-likeness (QED) is 0.788. The summed E-state index contributed by atoms with van der Waals surface area (Å²) in [5.41, 5.74) is 4.90. The van der Waals surface area contributed by atoms with Gasteiger partial charge >= 0.3 is 0 Å². The van der Waals surface area contributed by atoms with E-state index >= 15 is 0 Å². The van der Waals surface area contributed by atoms with Crippen LogP contribution in [-0.2, 0) is 0 Å². The molecule has 22 heavy (non-hydrogen) atoms. The molecule has 0 saturated heterocycles. The van der Waals surface area contributed by atoms with Crippen LogP contribution in [-0.4, -0.2) is 27.0 Å². The first-order chi connectivity index (χ1) is 10.5. The number of aromatic nitrogens is 3. The third kappa shape index (κ3) is 1.93. The highest BCUT2D eigenvalue weighted by Crippen LogP contribution is 2.35. The number of fused-ring (bicyclic) bond motifs is 1. The molecule has 5 nitrogen and oxygen atoms in total. The van der Waals surface area contributed by atoms with Crippen molar-refractivity contribution in [2.45, 2.75) is 27.7 Å². The van der Waals surface area contributed by atoms with Crippen molar-refractivity contribution in [1.29, 1.82) is 0 Å². The number of benzene rings is 1. The summed E-state index contributed by atoms with van der Waals surface area (Å²) in [4.78, 5) is 0. The van der Waals surface area contributed by atoms with Crippen LogP contribution in [0.5, 0.6) is 11.5 Å². The van der Waals surface area contributed by atoms with Gasteiger partial charge in [-0.05, 0) is 39.8 Å². The van der Waals surface area contributed by atoms with Crippen molar-refractivity contribution in [3.05, 3.63) is 41.0 Å². The van der Waals surface area contributed by atoms with E-state index in [2.05, 4.69) is 28.6 Å². The number of nitrogens with zero attached hydrogens (tertiary/aromatic N) is 3. The first kappa shape index (κ1) is 14.4. The topological polar surface area (TPSA) is 60.2 Å². The molecule has 0 radical (unpaired) electrons. The molecule has 2 aromatic heterocycles. The van der Waals surface area contributed by atoms with Crippen LogP contribution in [0.3, 0.4) is 0 Å². The van der Waals surface area contributed by atoms with Gasteiger partial charge in [0.1, 0.15) is 11.5 Å². The number of phenolic OH excluding ortho intramolecular Hbond substituents is 1. The van der Waals surface area contributed by atoms with Gasteiger partial charge in [-0.1, -0.05) is 0 Å². The molecule has 0 aliphatic carbocycles. The molecule has 0 amide bonds. The fraction of sp³-hybridized carbons (Fsp3) is 0.294. The Kier molecular flexibility index (Phi) is 3.28. The Balaban J connectivity index is 2.43. The Morgan fingerprint density at radius 1 is 0.955 bits per heavy atom. The summed E-state index contributed by atoms with van der Waals surface area (Å²) < 4.78 is 7.57. The van der Waals surface area contributed by atoms with Crippen molar-refractivity contribution in [2.24, 2.45) is 0 Å². The second-order valence-corrected chi connectivity index (χ2v) is 5.48. The molecular weight excluding hydrogens is 278 g/mol. The van der Waals surface area contributed by atoms with Crippen LogP contribution in [0.2, 0.25) is 0 Å². The average Bonchev–Trinajstić information content (AvgIpc) is 2.76. The summed E-state index contributed by atoms with van der Waals surface area (Å²) in [6.07, 6.45) is 0. The van der Waals surface area contributed by atoms with Crippen molar-refractivity contribution >= 4 is 10.8 Å². The molecule has 0 saturated carbocycles. The van der Waals surface area contributed by atoms with Gasteiger partial charge in [0.2, 0.25) is 0 Å². The zero-order valence-corrected chi connectivity index (χ0v) is 13.4. The minimum absolute atomic E-state index is 0.184. The molecule has 1 N–H and O–H groups in total. The second kappa shape index (κ2) is 5.02. The lowest BCUT2D eigenvalue weighted by atomic mass is 10.1. The van der Waals surface area contributed by atoms with Crippen LogP contribution in [0.1, 0.15) is 22.8 Å². The van der Waals surface area contributed by atoms with Gasteiger partial charge < -0.3 is 14.4 Å². The molecule has 3 aromatic rings. The standard InChI is InChI=1S/C17H19N3O2/c1-9-16-11(3)20(12(4)17(16)10(2)19-18-9)14-7-6-13(21)8-15(14)22-5/h6-8,21H,1-5H3. The predicted molar refractivity (Wildman–Crippen MR) is 86.0 cm³/mol. The van der Waals surface area contributed by atoms with E-state index in [1.165, 1.54) is 0 Å². The van der Waals surface area contributed by atoms with E-state index in [1.54, 1.807) is 19.2 Å². The maximum Gasteiger partial charge on any atom is 0.146 e. The molecule has 1 aromatic carbocycles. The first-order valence-electron chi connectivity index (χ1n) is 7.14. The molecule has 114 valence electrons. The van der Waals surface area contributed by atoms with Gasteiger partial charge in [0.05, 0.1) is 24.2 Å². The van der Waals surface area contributed by atoms with Gasteiger partial charge in [-0.2, -0.15) is 10.2 Å². The van der Waals surface area contributed by atoms with Crippen LogP contribution < -0.4 is 4.74 Å². The van der Waals surface area contributed by atoms with Crippen molar-refractivity contribution < 1.29 is 9.84 Å². The van der Waals surface area contributed by atoms with E-state index in [1.807, 2.05) is 19.9 Å². The molecule has 0 fully saturated rings. The lowest BCUT2D eigenvalue weighted by molar-refractivity contribution is 0.405. The molecule has 2 heterocycles. The number of hydrogen-bond donors (Lipinski definition) is 1. The third-order valence-electron chi connectivity index (χ3n) is 4.12. The Hall–Kier alpha value is -2.56. The lowest BCUT2D eigenvalue weighted by Gasteiger charge is -2.14. The van der Waals surface area contributed by atoms with Crippen molar-refractivity contribution in [3.8, 4) is 17.2 Å². The van der Waals surface area contributed by atoms with E-state index in [0.29, 0.717) is 5.75 Å². The van der Waals surface area contributed by atoms with E-state index in [0.717, 1.165) is 39.2 Å². The summed E-state index contributed by atoms with van der Waals surface area (Å²) in [6.45, 7) is 8.07. The van der Waals surface area contributed by atoms with Gasteiger partial charge in [-0.25, -0.2) is 0 Å². The molecule has 0 atom stereocenters. The van der Waals surface area contributed by atoms with Crippen LogP contribution in [0.15, 0.2) is 18.2 Å². The molecule has 0 bridgehead atoms. The summed E-state index contributed by atoms with van der Waals surface area (Å²) in [7, 11) is 1.60. The summed E-state index contributed by atoms with van der Waals surface area (Å²) in [5, 5.41) is 20.4. The number of aromatic hydroxyl groups is 1.